The summed E-state index contributed by atoms with van der Waals surface area (Å²) in [5.41, 5.74) is 5.34. The number of benzene rings is 2. The Bertz CT molecular complexity index is 1200. The first-order valence-corrected chi connectivity index (χ1v) is 9.71. The van der Waals surface area contributed by atoms with Gasteiger partial charge < -0.3 is 15.4 Å². The average Bonchev–Trinajstić information content (AvgIpc) is 3.12. The van der Waals surface area contributed by atoms with Crippen LogP contribution in [-0.4, -0.2) is 21.0 Å². The maximum absolute atomic E-state index is 14.3. The van der Waals surface area contributed by atoms with Gasteiger partial charge in [0.1, 0.15) is 5.82 Å². The summed E-state index contributed by atoms with van der Waals surface area (Å²) in [6, 6.07) is 14.2. The number of aliphatic hydroxyl groups is 1. The summed E-state index contributed by atoms with van der Waals surface area (Å²) in [7, 11) is 0. The number of hydrogen-bond acceptors (Lipinski definition) is 3. The SMILES string of the molecule is Cc1c[nH]c2cc(F)c(CNC(=O)c3ccnc(Cc4ccc(CO)cc4)c3)cc12. The first-order chi connectivity index (χ1) is 14.5. The largest absolute Gasteiger partial charge is 0.392 e. The van der Waals surface area contributed by atoms with Gasteiger partial charge in [0.05, 0.1) is 6.61 Å². The fourth-order valence-corrected chi connectivity index (χ4v) is 3.43. The second-order valence-corrected chi connectivity index (χ2v) is 7.33. The quantitative estimate of drug-likeness (QED) is 0.455. The van der Waals surface area contributed by atoms with Gasteiger partial charge in [-0.25, -0.2) is 4.39 Å². The van der Waals surface area contributed by atoms with Crippen LogP contribution in [0.25, 0.3) is 10.9 Å². The van der Waals surface area contributed by atoms with Gasteiger partial charge in [-0.3, -0.25) is 9.78 Å². The Morgan fingerprint density at radius 1 is 1.13 bits per heavy atom. The van der Waals surface area contributed by atoms with Crippen molar-refractivity contribution in [1.29, 1.82) is 0 Å². The number of rotatable bonds is 6. The standard InChI is InChI=1S/C24H22FN3O2/c1-15-12-27-23-11-22(25)19(10-21(15)23)13-28-24(30)18-6-7-26-20(9-18)8-16-2-4-17(14-29)5-3-16/h2-7,9-12,27,29H,8,13-14H2,1H3,(H,28,30). The molecule has 0 atom stereocenters. The molecular formula is C24H22FN3O2. The van der Waals surface area contributed by atoms with Crippen LogP contribution in [0.15, 0.2) is 60.9 Å². The maximum Gasteiger partial charge on any atom is 0.251 e. The number of pyridine rings is 1. The molecule has 6 heteroatoms. The molecule has 4 rings (SSSR count). The lowest BCUT2D eigenvalue weighted by atomic mass is 10.1. The van der Waals surface area contributed by atoms with E-state index < -0.39 is 0 Å². The van der Waals surface area contributed by atoms with Crippen molar-refractivity contribution in [1.82, 2.24) is 15.3 Å². The van der Waals surface area contributed by atoms with Crippen molar-refractivity contribution >= 4 is 16.8 Å². The van der Waals surface area contributed by atoms with Gasteiger partial charge >= 0.3 is 0 Å². The number of aromatic amines is 1. The molecule has 0 saturated heterocycles. The topological polar surface area (TPSA) is 78.0 Å². The molecule has 0 saturated carbocycles. The van der Waals surface area contributed by atoms with Gasteiger partial charge in [-0.05, 0) is 47.9 Å². The lowest BCUT2D eigenvalue weighted by Crippen LogP contribution is -2.23. The second kappa shape index (κ2) is 8.47. The van der Waals surface area contributed by atoms with Crippen molar-refractivity contribution < 1.29 is 14.3 Å². The minimum Gasteiger partial charge on any atom is -0.392 e. The highest BCUT2D eigenvalue weighted by Gasteiger charge is 2.11. The van der Waals surface area contributed by atoms with Crippen molar-refractivity contribution in [3.8, 4) is 0 Å². The van der Waals surface area contributed by atoms with Crippen LogP contribution in [0.3, 0.4) is 0 Å². The number of amides is 1. The summed E-state index contributed by atoms with van der Waals surface area (Å²) in [6.45, 7) is 2.06. The Morgan fingerprint density at radius 2 is 1.90 bits per heavy atom. The molecule has 0 aliphatic carbocycles. The number of aliphatic hydroxyl groups excluding tert-OH is 1. The van der Waals surface area contributed by atoms with Crippen LogP contribution in [0.1, 0.15) is 38.3 Å². The van der Waals surface area contributed by atoms with Crippen molar-refractivity contribution in [2.45, 2.75) is 26.5 Å². The van der Waals surface area contributed by atoms with E-state index >= 15 is 0 Å². The van der Waals surface area contributed by atoms with E-state index in [0.717, 1.165) is 33.3 Å². The summed E-state index contributed by atoms with van der Waals surface area (Å²) >= 11 is 0. The number of fused-ring (bicyclic) bond motifs is 1. The number of halogens is 1. The highest BCUT2D eigenvalue weighted by Crippen LogP contribution is 2.21. The van der Waals surface area contributed by atoms with Crippen LogP contribution < -0.4 is 5.32 Å². The van der Waals surface area contributed by atoms with Crippen LogP contribution in [0.5, 0.6) is 0 Å². The number of nitrogens with one attached hydrogen (secondary N) is 2. The zero-order valence-electron chi connectivity index (χ0n) is 16.6. The first kappa shape index (κ1) is 19.8. The zero-order chi connectivity index (χ0) is 21.1. The number of aromatic nitrogens is 2. The molecule has 5 nitrogen and oxygen atoms in total. The zero-order valence-corrected chi connectivity index (χ0v) is 16.6. The Morgan fingerprint density at radius 3 is 2.67 bits per heavy atom. The van der Waals surface area contributed by atoms with Crippen LogP contribution in [0, 0.1) is 12.7 Å². The van der Waals surface area contributed by atoms with Crippen molar-refractivity contribution in [3.05, 3.63) is 100 Å². The molecule has 3 N–H and O–H groups in total. The summed E-state index contributed by atoms with van der Waals surface area (Å²) in [5, 5.41) is 12.9. The van der Waals surface area contributed by atoms with Crippen molar-refractivity contribution in [3.63, 3.8) is 0 Å². The smallest absolute Gasteiger partial charge is 0.251 e. The molecule has 0 bridgehead atoms. The highest BCUT2D eigenvalue weighted by atomic mass is 19.1. The molecule has 0 radical (unpaired) electrons. The van der Waals surface area contributed by atoms with Gasteiger partial charge in [-0.2, -0.15) is 0 Å². The van der Waals surface area contributed by atoms with Gasteiger partial charge in [0.2, 0.25) is 0 Å². The van der Waals surface area contributed by atoms with E-state index in [1.807, 2.05) is 37.4 Å². The molecule has 4 aromatic rings. The van der Waals surface area contributed by atoms with Gasteiger partial charge in [0.15, 0.2) is 0 Å². The van der Waals surface area contributed by atoms with Gasteiger partial charge in [-0.1, -0.05) is 24.3 Å². The number of carbonyl (C=O) groups is 1. The number of hydrogen-bond donors (Lipinski definition) is 3. The second-order valence-electron chi connectivity index (χ2n) is 7.33. The third kappa shape index (κ3) is 4.23. The van der Waals surface area contributed by atoms with E-state index in [0.29, 0.717) is 17.5 Å². The Hall–Kier alpha value is -3.51. The lowest BCUT2D eigenvalue weighted by molar-refractivity contribution is 0.0950. The van der Waals surface area contributed by atoms with Crippen LogP contribution >= 0.6 is 0 Å². The molecule has 0 unspecified atom stereocenters. The van der Waals surface area contributed by atoms with E-state index in [2.05, 4.69) is 15.3 Å². The summed E-state index contributed by atoms with van der Waals surface area (Å²) in [6.07, 6.45) is 4.01. The van der Waals surface area contributed by atoms with Crippen LogP contribution in [0.4, 0.5) is 4.39 Å². The molecule has 30 heavy (non-hydrogen) atoms. The molecule has 2 heterocycles. The number of carbonyl (C=O) groups excluding carboxylic acids is 1. The molecule has 1 amide bonds. The van der Waals surface area contributed by atoms with E-state index in [1.54, 1.807) is 24.4 Å². The minimum atomic E-state index is -0.355. The van der Waals surface area contributed by atoms with E-state index in [4.69, 9.17) is 5.11 Å². The fraction of sp³-hybridized carbons (Fsp3) is 0.167. The van der Waals surface area contributed by atoms with Crippen molar-refractivity contribution in [2.24, 2.45) is 0 Å². The summed E-state index contributed by atoms with van der Waals surface area (Å²) < 4.78 is 14.3. The van der Waals surface area contributed by atoms with Gasteiger partial charge in [0.25, 0.3) is 5.91 Å². The third-order valence-corrected chi connectivity index (χ3v) is 5.16. The summed E-state index contributed by atoms with van der Waals surface area (Å²) in [4.78, 5) is 20.0. The number of nitrogens with zero attached hydrogens (tertiary/aromatic N) is 1. The normalized spacial score (nSPS) is 11.0. The Balaban J connectivity index is 1.45. The van der Waals surface area contributed by atoms with Gasteiger partial charge in [0, 0.05) is 53.1 Å². The molecular weight excluding hydrogens is 381 g/mol. The molecule has 152 valence electrons. The Kier molecular flexibility index (Phi) is 5.59. The number of H-pyrrole nitrogens is 1. The van der Waals surface area contributed by atoms with E-state index in [9.17, 15) is 9.18 Å². The lowest BCUT2D eigenvalue weighted by Gasteiger charge is -2.09. The highest BCUT2D eigenvalue weighted by molar-refractivity contribution is 5.94. The monoisotopic (exact) mass is 403 g/mol. The van der Waals surface area contributed by atoms with E-state index in [-0.39, 0.29) is 24.9 Å². The van der Waals surface area contributed by atoms with Crippen molar-refractivity contribution in [2.75, 3.05) is 0 Å². The Labute approximate surface area is 173 Å². The molecule has 0 aliphatic heterocycles. The molecule has 0 spiro atoms. The molecule has 0 aliphatic rings. The summed E-state index contributed by atoms with van der Waals surface area (Å²) in [5.74, 6) is -0.633. The van der Waals surface area contributed by atoms with Gasteiger partial charge in [-0.15, -0.1) is 0 Å². The fourth-order valence-electron chi connectivity index (χ4n) is 3.43. The predicted molar refractivity (Wildman–Crippen MR) is 114 cm³/mol. The maximum atomic E-state index is 14.3. The predicted octanol–water partition coefficient (Wildman–Crippen LogP) is 4.02. The third-order valence-electron chi connectivity index (χ3n) is 5.16. The van der Waals surface area contributed by atoms with Crippen LogP contribution in [-0.2, 0) is 19.6 Å². The molecule has 0 fully saturated rings. The molecule has 2 aromatic carbocycles. The number of aryl methyl sites for hydroxylation is 1. The van der Waals surface area contributed by atoms with Crippen LogP contribution in [0.2, 0.25) is 0 Å². The van der Waals surface area contributed by atoms with E-state index in [1.165, 1.54) is 6.07 Å². The first-order valence-electron chi connectivity index (χ1n) is 9.71. The minimum absolute atomic E-state index is 0.00533. The molecule has 2 aromatic heterocycles. The average molecular weight is 403 g/mol.